The van der Waals surface area contributed by atoms with Crippen LogP contribution in [0.4, 0.5) is 0 Å². The van der Waals surface area contributed by atoms with E-state index in [1.54, 1.807) is 0 Å². The van der Waals surface area contributed by atoms with Gasteiger partial charge in [0.2, 0.25) is 0 Å². The van der Waals surface area contributed by atoms with Crippen LogP contribution in [-0.2, 0) is 17.8 Å². The third-order valence-corrected chi connectivity index (χ3v) is 4.73. The molecule has 1 saturated carbocycles. The predicted molar refractivity (Wildman–Crippen MR) is 109 cm³/mol. The van der Waals surface area contributed by atoms with Crippen molar-refractivity contribution in [3.8, 4) is 0 Å². The Morgan fingerprint density at radius 1 is 1.25 bits per heavy atom. The first kappa shape index (κ1) is 19.5. The van der Waals surface area contributed by atoms with Gasteiger partial charge in [0.05, 0.1) is 19.8 Å². The average Bonchev–Trinajstić information content (AvgIpc) is 2.53. The Labute approximate surface area is 162 Å². The number of nitrogens with one attached hydrogen (secondary N) is 1. The Morgan fingerprint density at radius 2 is 2.00 bits per heavy atom. The fraction of sp³-hybridized carbons (Fsp3) is 0.611. The molecular weight excluding hydrogens is 415 g/mol. The summed E-state index contributed by atoms with van der Waals surface area (Å²) in [5, 5.41) is 3.24. The van der Waals surface area contributed by atoms with Crippen LogP contribution in [-0.4, -0.2) is 43.7 Å². The lowest BCUT2D eigenvalue weighted by atomic mass is 9.85. The second-order valence-electron chi connectivity index (χ2n) is 6.59. The largest absolute Gasteiger partial charge is 0.379 e. The summed E-state index contributed by atoms with van der Waals surface area (Å²) in [5.74, 6) is 1.36. The molecule has 1 aromatic rings. The van der Waals surface area contributed by atoms with Crippen molar-refractivity contribution in [2.75, 3.05) is 32.8 Å². The van der Waals surface area contributed by atoms with Gasteiger partial charge in [0.15, 0.2) is 5.96 Å². The lowest BCUT2D eigenvalue weighted by Gasteiger charge is -2.26. The van der Waals surface area contributed by atoms with Gasteiger partial charge in [-0.1, -0.05) is 30.7 Å². The topological polar surface area (TPSA) is 62.9 Å². The molecule has 1 saturated heterocycles. The SMILES string of the molecule is I.NC(=NCc1cccc(CN2CCOCC2)c1)NCC1CCC1. The van der Waals surface area contributed by atoms with Crippen LogP contribution in [0.25, 0.3) is 0 Å². The average molecular weight is 444 g/mol. The summed E-state index contributed by atoms with van der Waals surface area (Å²) in [4.78, 5) is 6.89. The molecule has 3 rings (SSSR count). The van der Waals surface area contributed by atoms with Crippen molar-refractivity contribution in [1.82, 2.24) is 10.2 Å². The zero-order valence-corrected chi connectivity index (χ0v) is 16.6. The van der Waals surface area contributed by atoms with Gasteiger partial charge in [-0.05, 0) is 29.9 Å². The molecule has 5 nitrogen and oxygen atoms in total. The molecule has 0 unspecified atom stereocenters. The maximum atomic E-state index is 5.95. The third kappa shape index (κ3) is 6.22. The Kier molecular flexibility index (Phi) is 8.28. The van der Waals surface area contributed by atoms with E-state index < -0.39 is 0 Å². The number of aliphatic imine (C=N–C) groups is 1. The first-order chi connectivity index (χ1) is 11.3. The first-order valence-electron chi connectivity index (χ1n) is 8.71. The van der Waals surface area contributed by atoms with Crippen LogP contribution in [0.1, 0.15) is 30.4 Å². The Morgan fingerprint density at radius 3 is 2.71 bits per heavy atom. The molecule has 0 atom stereocenters. The van der Waals surface area contributed by atoms with E-state index in [0.29, 0.717) is 12.5 Å². The number of ether oxygens (including phenoxy) is 1. The predicted octanol–water partition coefficient (Wildman–Crippen LogP) is 2.34. The number of nitrogens with two attached hydrogens (primary N) is 1. The highest BCUT2D eigenvalue weighted by Crippen LogP contribution is 2.24. The van der Waals surface area contributed by atoms with Crippen molar-refractivity contribution in [3.05, 3.63) is 35.4 Å². The number of nitrogens with zero attached hydrogens (tertiary/aromatic N) is 2. The second-order valence-corrected chi connectivity index (χ2v) is 6.59. The van der Waals surface area contributed by atoms with Crippen LogP contribution in [0.15, 0.2) is 29.3 Å². The number of morpholine rings is 1. The summed E-state index contributed by atoms with van der Waals surface area (Å²) in [6.45, 7) is 6.30. The normalized spacial score (nSPS) is 19.4. The van der Waals surface area contributed by atoms with E-state index in [9.17, 15) is 0 Å². The Bertz CT molecular complexity index is 528. The van der Waals surface area contributed by atoms with Crippen LogP contribution in [0.3, 0.4) is 0 Å². The van der Waals surface area contributed by atoms with Crippen LogP contribution in [0, 0.1) is 5.92 Å². The molecule has 3 N–H and O–H groups in total. The van der Waals surface area contributed by atoms with Crippen molar-refractivity contribution < 1.29 is 4.74 Å². The van der Waals surface area contributed by atoms with E-state index in [1.165, 1.54) is 30.4 Å². The monoisotopic (exact) mass is 444 g/mol. The van der Waals surface area contributed by atoms with Gasteiger partial charge < -0.3 is 15.8 Å². The number of guanidine groups is 1. The van der Waals surface area contributed by atoms with Gasteiger partial charge >= 0.3 is 0 Å². The van der Waals surface area contributed by atoms with Crippen molar-refractivity contribution in [3.63, 3.8) is 0 Å². The highest BCUT2D eigenvalue weighted by Gasteiger charge is 2.16. The molecule has 2 fully saturated rings. The number of halogens is 1. The standard InChI is InChI=1S/C18H28N4O.HI/c19-18(20-12-15-3-1-4-15)21-13-16-5-2-6-17(11-16)14-22-7-9-23-10-8-22;/h2,5-6,11,15H,1,3-4,7-10,12-14H2,(H3,19,20,21);1H. The highest BCUT2D eigenvalue weighted by molar-refractivity contribution is 14.0. The minimum atomic E-state index is 0. The van der Waals surface area contributed by atoms with E-state index in [1.807, 2.05) is 0 Å². The van der Waals surface area contributed by atoms with Gasteiger partial charge in [0.1, 0.15) is 0 Å². The molecule has 0 amide bonds. The Balaban J connectivity index is 0.00000208. The maximum Gasteiger partial charge on any atom is 0.188 e. The molecule has 2 aliphatic rings. The van der Waals surface area contributed by atoms with Crippen LogP contribution in [0.2, 0.25) is 0 Å². The van der Waals surface area contributed by atoms with Crippen molar-refractivity contribution in [2.45, 2.75) is 32.4 Å². The molecule has 1 heterocycles. The van der Waals surface area contributed by atoms with Gasteiger partial charge in [-0.25, -0.2) is 4.99 Å². The van der Waals surface area contributed by atoms with E-state index in [0.717, 1.165) is 45.3 Å². The molecular formula is C18H29IN4O. The smallest absolute Gasteiger partial charge is 0.188 e. The summed E-state index contributed by atoms with van der Waals surface area (Å²) in [7, 11) is 0. The number of rotatable bonds is 6. The molecule has 1 aliphatic heterocycles. The minimum absolute atomic E-state index is 0. The van der Waals surface area contributed by atoms with Crippen molar-refractivity contribution in [1.29, 1.82) is 0 Å². The van der Waals surface area contributed by atoms with E-state index in [2.05, 4.69) is 39.5 Å². The van der Waals surface area contributed by atoms with E-state index in [-0.39, 0.29) is 24.0 Å². The molecule has 6 heteroatoms. The van der Waals surface area contributed by atoms with Gasteiger partial charge in [-0.3, -0.25) is 4.90 Å². The van der Waals surface area contributed by atoms with Crippen LogP contribution >= 0.6 is 24.0 Å². The molecule has 1 aliphatic carbocycles. The first-order valence-corrected chi connectivity index (χ1v) is 8.71. The summed E-state index contributed by atoms with van der Waals surface area (Å²) in [6.07, 6.45) is 4.01. The molecule has 0 radical (unpaired) electrons. The zero-order valence-electron chi connectivity index (χ0n) is 14.2. The number of hydrogen-bond acceptors (Lipinski definition) is 3. The fourth-order valence-electron chi connectivity index (χ4n) is 3.02. The molecule has 24 heavy (non-hydrogen) atoms. The fourth-order valence-corrected chi connectivity index (χ4v) is 3.02. The summed E-state index contributed by atoms with van der Waals surface area (Å²) in [6, 6.07) is 8.64. The Hall–Kier alpha value is -0.860. The quantitative estimate of drug-likeness (QED) is 0.402. The summed E-state index contributed by atoms with van der Waals surface area (Å²) < 4.78 is 5.40. The summed E-state index contributed by atoms with van der Waals surface area (Å²) in [5.41, 5.74) is 8.50. The van der Waals surface area contributed by atoms with Gasteiger partial charge in [0, 0.05) is 26.2 Å². The van der Waals surface area contributed by atoms with Gasteiger partial charge in [0.25, 0.3) is 0 Å². The maximum absolute atomic E-state index is 5.95. The highest BCUT2D eigenvalue weighted by atomic mass is 127. The minimum Gasteiger partial charge on any atom is -0.379 e. The molecule has 0 spiro atoms. The lowest BCUT2D eigenvalue weighted by Crippen LogP contribution is -2.37. The van der Waals surface area contributed by atoms with Crippen molar-refractivity contribution >= 4 is 29.9 Å². The van der Waals surface area contributed by atoms with Gasteiger partial charge in [-0.15, -0.1) is 24.0 Å². The molecule has 134 valence electrons. The molecule has 0 bridgehead atoms. The van der Waals surface area contributed by atoms with Crippen LogP contribution < -0.4 is 11.1 Å². The van der Waals surface area contributed by atoms with E-state index >= 15 is 0 Å². The van der Waals surface area contributed by atoms with Crippen molar-refractivity contribution in [2.24, 2.45) is 16.6 Å². The summed E-state index contributed by atoms with van der Waals surface area (Å²) >= 11 is 0. The zero-order chi connectivity index (χ0) is 15.9. The number of benzene rings is 1. The second kappa shape index (κ2) is 10.2. The number of hydrogen-bond donors (Lipinski definition) is 2. The molecule has 0 aromatic heterocycles. The van der Waals surface area contributed by atoms with Crippen LogP contribution in [0.5, 0.6) is 0 Å². The molecule has 1 aromatic carbocycles. The third-order valence-electron chi connectivity index (χ3n) is 4.73. The van der Waals surface area contributed by atoms with E-state index in [4.69, 9.17) is 10.5 Å². The lowest BCUT2D eigenvalue weighted by molar-refractivity contribution is 0.0342. The van der Waals surface area contributed by atoms with Gasteiger partial charge in [-0.2, -0.15) is 0 Å².